The number of benzene rings is 3. The zero-order valence-corrected chi connectivity index (χ0v) is 18.0. The molecule has 4 aromatic rings. The molecule has 0 spiro atoms. The van der Waals surface area contributed by atoms with E-state index in [1.54, 1.807) is 36.4 Å². The Morgan fingerprint density at radius 3 is 2.34 bits per heavy atom. The summed E-state index contributed by atoms with van der Waals surface area (Å²) in [4.78, 5) is 13.7. The van der Waals surface area contributed by atoms with Crippen molar-refractivity contribution in [2.24, 2.45) is 0 Å². The highest BCUT2D eigenvalue weighted by molar-refractivity contribution is 7.86. The lowest BCUT2D eigenvalue weighted by atomic mass is 10.1. The summed E-state index contributed by atoms with van der Waals surface area (Å²) in [5, 5.41) is 5.50. The fourth-order valence-corrected chi connectivity index (χ4v) is 4.43. The third-order valence-corrected chi connectivity index (χ3v) is 6.16. The molecule has 166 valence electrons. The summed E-state index contributed by atoms with van der Waals surface area (Å²) in [5.41, 5.74) is 6.86. The minimum atomic E-state index is -4.13. The Hall–Kier alpha value is -3.40. The van der Waals surface area contributed by atoms with Gasteiger partial charge in [0.25, 0.3) is 10.1 Å². The van der Waals surface area contributed by atoms with Gasteiger partial charge in [0.15, 0.2) is 5.58 Å². The molecule has 8 nitrogen and oxygen atoms in total. The Morgan fingerprint density at radius 1 is 0.938 bits per heavy atom. The lowest BCUT2D eigenvalue weighted by Crippen LogP contribution is -2.43. The van der Waals surface area contributed by atoms with Crippen LogP contribution in [0, 0.1) is 0 Å². The van der Waals surface area contributed by atoms with Gasteiger partial charge in [-0.2, -0.15) is 8.42 Å². The number of nitrogens with zero attached hydrogens (tertiary/aromatic N) is 1. The molecule has 1 fully saturated rings. The first-order valence-corrected chi connectivity index (χ1v) is 11.5. The molecule has 5 rings (SSSR count). The molecular formula is C23H23N3O5S. The Balaban J connectivity index is 0.000000158. The lowest BCUT2D eigenvalue weighted by Gasteiger charge is -2.29. The first-order chi connectivity index (χ1) is 15.3. The van der Waals surface area contributed by atoms with Crippen molar-refractivity contribution in [3.63, 3.8) is 0 Å². The molecule has 0 aliphatic carbocycles. The van der Waals surface area contributed by atoms with Crippen molar-refractivity contribution in [1.29, 1.82) is 0 Å². The van der Waals surface area contributed by atoms with E-state index in [1.807, 2.05) is 24.3 Å². The summed E-state index contributed by atoms with van der Waals surface area (Å²) in [5.74, 6) is 0. The molecule has 0 amide bonds. The van der Waals surface area contributed by atoms with Crippen LogP contribution in [-0.2, 0) is 10.1 Å². The molecule has 0 saturated carbocycles. The number of para-hydroxylation sites is 1. The molecule has 4 N–H and O–H groups in total. The van der Waals surface area contributed by atoms with Crippen molar-refractivity contribution in [3.05, 3.63) is 77.2 Å². The van der Waals surface area contributed by atoms with Gasteiger partial charge in [-0.05, 0) is 23.6 Å². The second-order valence-electron chi connectivity index (χ2n) is 7.37. The van der Waals surface area contributed by atoms with Crippen LogP contribution in [0.2, 0.25) is 0 Å². The van der Waals surface area contributed by atoms with Crippen molar-refractivity contribution in [2.45, 2.75) is 4.90 Å². The van der Waals surface area contributed by atoms with E-state index in [2.05, 4.69) is 10.2 Å². The van der Waals surface area contributed by atoms with Crippen LogP contribution < -0.4 is 21.6 Å². The summed E-state index contributed by atoms with van der Waals surface area (Å²) in [6.45, 7) is 3.70. The molecular weight excluding hydrogens is 430 g/mol. The average molecular weight is 454 g/mol. The summed E-state index contributed by atoms with van der Waals surface area (Å²) in [7, 11) is -4.13. The monoisotopic (exact) mass is 453 g/mol. The molecule has 0 bridgehead atoms. The predicted octanol–water partition coefficient (Wildman–Crippen LogP) is 2.87. The van der Waals surface area contributed by atoms with E-state index in [1.165, 1.54) is 6.07 Å². The highest BCUT2D eigenvalue weighted by Gasteiger charge is 2.15. The average Bonchev–Trinajstić information content (AvgIpc) is 2.79. The number of hydrogen-bond acceptors (Lipinski definition) is 7. The number of hydrogen-bond donors (Lipinski definition) is 3. The predicted molar refractivity (Wildman–Crippen MR) is 126 cm³/mol. The number of fused-ring (bicyclic) bond motifs is 2. The minimum Gasteiger partial charge on any atom is -0.419 e. The quantitative estimate of drug-likeness (QED) is 0.312. The maximum absolute atomic E-state index is 11.5. The zero-order valence-electron chi connectivity index (χ0n) is 17.2. The molecule has 1 aliphatic rings. The third-order valence-electron chi connectivity index (χ3n) is 5.25. The molecule has 9 heteroatoms. The van der Waals surface area contributed by atoms with Gasteiger partial charge in [0.05, 0.1) is 5.69 Å². The number of anilines is 2. The lowest BCUT2D eigenvalue weighted by molar-refractivity contribution is 0.484. The molecule has 1 saturated heterocycles. The van der Waals surface area contributed by atoms with Gasteiger partial charge < -0.3 is 20.4 Å². The summed E-state index contributed by atoms with van der Waals surface area (Å²) in [6, 6.07) is 19.3. The molecule has 1 aromatic heterocycles. The maximum Gasteiger partial charge on any atom is 0.359 e. The molecule has 0 radical (unpaired) electrons. The van der Waals surface area contributed by atoms with Crippen LogP contribution >= 0.6 is 0 Å². The maximum atomic E-state index is 11.5. The highest BCUT2D eigenvalue weighted by Crippen LogP contribution is 2.27. The van der Waals surface area contributed by atoms with Crippen LogP contribution in [0.25, 0.3) is 21.7 Å². The third kappa shape index (κ3) is 4.59. The van der Waals surface area contributed by atoms with E-state index in [-0.39, 0.29) is 10.6 Å². The van der Waals surface area contributed by atoms with Gasteiger partial charge >= 0.3 is 5.63 Å². The number of nitrogen functional groups attached to an aromatic ring is 1. The summed E-state index contributed by atoms with van der Waals surface area (Å²) in [6.07, 6.45) is 0. The standard InChI is InChI=1S/C13H15N3O2.C10H8O3S/c14-10-8-9-2-1-3-11(12(9)18-13(10)17)16-6-4-15-5-7-16;11-14(12,13)10-7-3-5-8-4-1-2-6-9(8)10/h1-3,8,15H,4-7,14H2;1-7H,(H,11,12,13). The van der Waals surface area contributed by atoms with Gasteiger partial charge in [0.1, 0.15) is 10.6 Å². The first-order valence-electron chi connectivity index (χ1n) is 10.1. The smallest absolute Gasteiger partial charge is 0.359 e. The Kier molecular flexibility index (Phi) is 6.13. The largest absolute Gasteiger partial charge is 0.419 e. The Labute approximate surface area is 185 Å². The van der Waals surface area contributed by atoms with E-state index in [9.17, 15) is 13.2 Å². The van der Waals surface area contributed by atoms with Crippen LogP contribution in [0.15, 0.2) is 80.8 Å². The van der Waals surface area contributed by atoms with Gasteiger partial charge in [0.2, 0.25) is 0 Å². The normalized spacial score (nSPS) is 14.2. The van der Waals surface area contributed by atoms with Gasteiger partial charge in [-0.3, -0.25) is 4.55 Å². The van der Waals surface area contributed by atoms with E-state index < -0.39 is 15.7 Å². The number of rotatable bonds is 2. The van der Waals surface area contributed by atoms with Crippen molar-refractivity contribution in [3.8, 4) is 0 Å². The molecule has 2 heterocycles. The number of nitrogens with two attached hydrogens (primary N) is 1. The molecule has 0 unspecified atom stereocenters. The van der Waals surface area contributed by atoms with Crippen LogP contribution in [0.4, 0.5) is 11.4 Å². The van der Waals surface area contributed by atoms with E-state index in [4.69, 9.17) is 14.7 Å². The van der Waals surface area contributed by atoms with E-state index >= 15 is 0 Å². The summed E-state index contributed by atoms with van der Waals surface area (Å²) < 4.78 is 36.3. The molecule has 1 aliphatic heterocycles. The fourth-order valence-electron chi connectivity index (χ4n) is 3.72. The van der Waals surface area contributed by atoms with Crippen LogP contribution in [0.1, 0.15) is 0 Å². The van der Waals surface area contributed by atoms with Crippen LogP contribution in [0.5, 0.6) is 0 Å². The SMILES string of the molecule is Nc1cc2cccc(N3CCNCC3)c2oc1=O.O=S(=O)(O)c1cccc2ccccc12. The number of piperazine rings is 1. The van der Waals surface area contributed by atoms with Crippen LogP contribution in [0.3, 0.4) is 0 Å². The second kappa shape index (κ2) is 8.99. The van der Waals surface area contributed by atoms with Crippen molar-refractivity contribution >= 4 is 43.2 Å². The molecule has 3 aromatic carbocycles. The Bertz CT molecular complexity index is 1420. The molecule has 0 atom stereocenters. The zero-order chi connectivity index (χ0) is 22.7. The first kappa shape index (κ1) is 21.8. The minimum absolute atomic E-state index is 0.0457. The van der Waals surface area contributed by atoms with Gasteiger partial charge in [-0.1, -0.05) is 48.5 Å². The van der Waals surface area contributed by atoms with Gasteiger partial charge in [0, 0.05) is 37.0 Å². The van der Waals surface area contributed by atoms with E-state index in [0.29, 0.717) is 11.0 Å². The van der Waals surface area contributed by atoms with Gasteiger partial charge in [-0.15, -0.1) is 0 Å². The van der Waals surface area contributed by atoms with Crippen molar-refractivity contribution < 1.29 is 17.4 Å². The highest BCUT2D eigenvalue weighted by atomic mass is 32.2. The molecule has 32 heavy (non-hydrogen) atoms. The van der Waals surface area contributed by atoms with Crippen LogP contribution in [-0.4, -0.2) is 39.1 Å². The summed E-state index contributed by atoms with van der Waals surface area (Å²) >= 11 is 0. The van der Waals surface area contributed by atoms with Crippen molar-refractivity contribution in [2.75, 3.05) is 36.8 Å². The topological polar surface area (TPSA) is 126 Å². The van der Waals surface area contributed by atoms with Gasteiger partial charge in [-0.25, -0.2) is 4.79 Å². The second-order valence-corrected chi connectivity index (χ2v) is 8.76. The fraction of sp³-hybridized carbons (Fsp3) is 0.174. The Morgan fingerprint density at radius 2 is 1.59 bits per heavy atom. The number of nitrogens with one attached hydrogen (secondary N) is 1. The van der Waals surface area contributed by atoms with E-state index in [0.717, 1.165) is 42.6 Å². The van der Waals surface area contributed by atoms with Crippen molar-refractivity contribution in [1.82, 2.24) is 5.32 Å².